The van der Waals surface area contributed by atoms with Crippen LogP contribution in [-0.2, 0) is 17.4 Å². The maximum absolute atomic E-state index is 3.91. The van der Waals surface area contributed by atoms with Gasteiger partial charge in [-0.25, -0.2) is 10.8 Å². The number of halogens is 1. The average molecular weight is 452 g/mol. The Morgan fingerprint density at radius 2 is 1.22 bits per heavy atom. The Morgan fingerprint density at radius 3 is 1.56 bits per heavy atom. The summed E-state index contributed by atoms with van der Waals surface area (Å²) < 4.78 is 0. The Hall–Kier alpha value is -0.611. The van der Waals surface area contributed by atoms with Crippen LogP contribution in [0.25, 0.3) is 0 Å². The molecule has 0 atom stereocenters. The number of hydrogen-bond acceptors (Lipinski definition) is 0. The SMILES string of the molecule is CC1=C(C)C(C)(C)[C-]=C1[Si](C)(C)P(c1ccccc1)c1ccccc1.Cl.[Cr]. The van der Waals surface area contributed by atoms with E-state index in [9.17, 15) is 0 Å². The molecule has 0 aromatic heterocycles. The Balaban J connectivity index is 0.00000182. The van der Waals surface area contributed by atoms with Gasteiger partial charge in [0, 0.05) is 17.4 Å². The maximum Gasteiger partial charge on any atom is 0.0808 e. The molecule has 0 unspecified atom stereocenters. The van der Waals surface area contributed by atoms with Crippen LogP contribution in [0.2, 0.25) is 13.1 Å². The summed E-state index contributed by atoms with van der Waals surface area (Å²) in [5.41, 5.74) is 3.04. The van der Waals surface area contributed by atoms with Crippen LogP contribution in [-0.4, -0.2) is 7.74 Å². The van der Waals surface area contributed by atoms with Crippen molar-refractivity contribution < 1.29 is 17.4 Å². The molecule has 0 heterocycles. The van der Waals surface area contributed by atoms with Crippen LogP contribution >= 0.6 is 19.9 Å². The first-order valence-corrected chi connectivity index (χ1v) is 14.2. The van der Waals surface area contributed by atoms with Gasteiger partial charge in [-0.2, -0.15) is 5.57 Å². The molecule has 3 rings (SSSR count). The van der Waals surface area contributed by atoms with Crippen LogP contribution in [0.5, 0.6) is 0 Å². The van der Waals surface area contributed by atoms with E-state index < -0.39 is 7.74 Å². The molecule has 0 saturated carbocycles. The van der Waals surface area contributed by atoms with E-state index in [2.05, 4.69) is 108 Å². The molecular formula is C23H29ClCrPSi-. The normalized spacial score (nSPS) is 15.9. The van der Waals surface area contributed by atoms with E-state index in [1.54, 1.807) is 0 Å². The molecule has 27 heavy (non-hydrogen) atoms. The average Bonchev–Trinajstić information content (AvgIpc) is 2.80. The molecule has 0 aliphatic heterocycles. The summed E-state index contributed by atoms with van der Waals surface area (Å²) in [5.74, 6) is 0. The summed E-state index contributed by atoms with van der Waals surface area (Å²) >= 11 is 0. The van der Waals surface area contributed by atoms with Crippen molar-refractivity contribution in [2.45, 2.75) is 40.8 Å². The predicted molar refractivity (Wildman–Crippen MR) is 123 cm³/mol. The standard InChI is InChI=1S/C23H28PSi.ClH.Cr/c1-18-19(2)23(3,4)17-22(18)25(5,6)24(20-13-9-7-10-14-20)21-15-11-8-12-16-21;;/h7-16H,1-6H3;1H;/q-1;;. The topological polar surface area (TPSA) is 0 Å². The number of benzene rings is 2. The fourth-order valence-electron chi connectivity index (χ4n) is 3.83. The molecule has 1 aliphatic rings. The zero-order valence-corrected chi connectivity index (χ0v) is 21.0. The van der Waals surface area contributed by atoms with Gasteiger partial charge in [0.05, 0.1) is 7.74 Å². The van der Waals surface area contributed by atoms with Gasteiger partial charge in [-0.3, -0.25) is 6.08 Å². The van der Waals surface area contributed by atoms with E-state index in [0.29, 0.717) is 0 Å². The fourth-order valence-corrected chi connectivity index (χ4v) is 14.4. The van der Waals surface area contributed by atoms with Gasteiger partial charge in [-0.15, -0.1) is 19.3 Å². The largest absolute Gasteiger partial charge is 0.267 e. The summed E-state index contributed by atoms with van der Waals surface area (Å²) in [6, 6.07) is 22.3. The van der Waals surface area contributed by atoms with Crippen LogP contribution in [0.3, 0.4) is 0 Å². The first kappa shape index (κ1) is 24.4. The predicted octanol–water partition coefficient (Wildman–Crippen LogP) is 6.39. The van der Waals surface area contributed by atoms with Crippen molar-refractivity contribution in [2.24, 2.45) is 5.41 Å². The van der Waals surface area contributed by atoms with Crippen molar-refractivity contribution in [3.8, 4) is 0 Å². The molecule has 0 radical (unpaired) electrons. The summed E-state index contributed by atoms with van der Waals surface area (Å²) in [6.07, 6.45) is 3.91. The first-order valence-electron chi connectivity index (χ1n) is 8.99. The van der Waals surface area contributed by atoms with Crippen molar-refractivity contribution >= 4 is 38.2 Å². The number of rotatable bonds is 4. The van der Waals surface area contributed by atoms with E-state index in [0.717, 1.165) is 0 Å². The number of hydrogen-bond donors (Lipinski definition) is 0. The molecule has 0 N–H and O–H groups in total. The third kappa shape index (κ3) is 4.70. The molecular weight excluding hydrogens is 423 g/mol. The second kappa shape index (κ2) is 9.26. The van der Waals surface area contributed by atoms with E-state index in [-0.39, 0.29) is 42.7 Å². The zero-order valence-electron chi connectivity index (χ0n) is 17.0. The minimum absolute atomic E-state index is 0. The van der Waals surface area contributed by atoms with Crippen molar-refractivity contribution in [1.29, 1.82) is 0 Å². The third-order valence-corrected chi connectivity index (χ3v) is 15.6. The second-order valence-electron chi connectivity index (χ2n) is 7.94. The van der Waals surface area contributed by atoms with Crippen LogP contribution in [0.1, 0.15) is 27.7 Å². The minimum atomic E-state index is -1.76. The molecule has 0 spiro atoms. The van der Waals surface area contributed by atoms with Crippen molar-refractivity contribution in [1.82, 2.24) is 0 Å². The van der Waals surface area contributed by atoms with Gasteiger partial charge in [-0.05, 0) is 10.6 Å². The number of allylic oxidation sites excluding steroid dienone is 4. The quantitative estimate of drug-likeness (QED) is 0.287. The molecule has 0 saturated heterocycles. The van der Waals surface area contributed by atoms with Crippen LogP contribution in [0, 0.1) is 11.5 Å². The third-order valence-electron chi connectivity index (χ3n) is 5.51. The summed E-state index contributed by atoms with van der Waals surface area (Å²) in [7, 11) is -2.15. The second-order valence-corrected chi connectivity index (χ2v) is 18.0. The molecule has 0 fully saturated rings. The molecule has 1 aliphatic carbocycles. The molecule has 2 aromatic carbocycles. The molecule has 0 nitrogen and oxygen atoms in total. The van der Waals surface area contributed by atoms with Gasteiger partial charge in [0.1, 0.15) is 0 Å². The minimum Gasteiger partial charge on any atom is -0.267 e. The molecule has 144 valence electrons. The Kier molecular flexibility index (Phi) is 8.38. The maximum atomic E-state index is 3.91. The van der Waals surface area contributed by atoms with Crippen molar-refractivity contribution in [3.63, 3.8) is 0 Å². The monoisotopic (exact) mass is 451 g/mol. The van der Waals surface area contributed by atoms with Gasteiger partial charge in [0.15, 0.2) is 0 Å². The molecule has 4 heteroatoms. The van der Waals surface area contributed by atoms with Crippen LogP contribution in [0.15, 0.2) is 77.0 Å². The van der Waals surface area contributed by atoms with E-state index in [1.165, 1.54) is 27.0 Å². The molecule has 2 aromatic rings. The smallest absolute Gasteiger partial charge is 0.0808 e. The fraction of sp³-hybridized carbons (Fsp3) is 0.304. The van der Waals surface area contributed by atoms with Gasteiger partial charge < -0.3 is 0 Å². The van der Waals surface area contributed by atoms with Gasteiger partial charge in [-0.1, -0.05) is 107 Å². The van der Waals surface area contributed by atoms with E-state index in [4.69, 9.17) is 0 Å². The van der Waals surface area contributed by atoms with Gasteiger partial charge >= 0.3 is 0 Å². The van der Waals surface area contributed by atoms with Crippen molar-refractivity contribution in [3.05, 3.63) is 83.1 Å². The molecule has 0 bridgehead atoms. The Bertz CT molecular complexity index is 786. The van der Waals surface area contributed by atoms with Crippen LogP contribution < -0.4 is 10.6 Å². The Morgan fingerprint density at radius 1 is 0.815 bits per heavy atom. The van der Waals surface area contributed by atoms with E-state index >= 15 is 0 Å². The first-order chi connectivity index (χ1) is 11.7. The molecule has 0 amide bonds. The van der Waals surface area contributed by atoms with Gasteiger partial charge in [0.2, 0.25) is 0 Å². The Labute approximate surface area is 184 Å². The summed E-state index contributed by atoms with van der Waals surface area (Å²) in [6.45, 7) is 14.3. The zero-order chi connectivity index (χ0) is 18.2. The van der Waals surface area contributed by atoms with Crippen molar-refractivity contribution in [2.75, 3.05) is 0 Å². The summed E-state index contributed by atoms with van der Waals surface area (Å²) in [5, 5.41) is 4.52. The van der Waals surface area contributed by atoms with Crippen LogP contribution in [0.4, 0.5) is 0 Å². The van der Waals surface area contributed by atoms with E-state index in [1.807, 2.05) is 0 Å². The van der Waals surface area contributed by atoms with Gasteiger partial charge in [0.25, 0.3) is 0 Å². The summed E-state index contributed by atoms with van der Waals surface area (Å²) in [4.78, 5) is 0.